The van der Waals surface area contributed by atoms with Crippen molar-refractivity contribution in [3.05, 3.63) is 28.8 Å². The number of rotatable bonds is 2. The lowest BCUT2D eigenvalue weighted by atomic mass is 10.2. The van der Waals surface area contributed by atoms with Gasteiger partial charge in [-0.15, -0.1) is 0 Å². The van der Waals surface area contributed by atoms with Crippen molar-refractivity contribution >= 4 is 17.3 Å². The lowest BCUT2D eigenvalue weighted by Crippen LogP contribution is -2.40. The van der Waals surface area contributed by atoms with E-state index in [0.717, 1.165) is 29.5 Å². The Bertz CT molecular complexity index is 310. The maximum absolute atomic E-state index is 5.99. The highest BCUT2D eigenvalue weighted by Gasteiger charge is 2.17. The van der Waals surface area contributed by atoms with Gasteiger partial charge in [0, 0.05) is 10.7 Å². The molecule has 13 heavy (non-hydrogen) atoms. The van der Waals surface area contributed by atoms with Crippen LogP contribution in [0.5, 0.6) is 0 Å². The maximum atomic E-state index is 5.99. The molecule has 0 unspecified atom stereocenters. The van der Waals surface area contributed by atoms with Crippen LogP contribution in [0.3, 0.4) is 0 Å². The molecule has 1 aliphatic heterocycles. The standard InChI is InChI=1S/C10H12ClNO/c1-7-2-3-8(4-10(7)11)12-9-5-13-6-9/h2-4,9,12H,5-6H2,1H3. The third-order valence-electron chi connectivity index (χ3n) is 2.18. The van der Waals surface area contributed by atoms with E-state index in [1.165, 1.54) is 0 Å². The number of nitrogens with one attached hydrogen (secondary N) is 1. The molecule has 0 atom stereocenters. The molecule has 0 saturated carbocycles. The topological polar surface area (TPSA) is 21.3 Å². The number of benzene rings is 1. The summed E-state index contributed by atoms with van der Waals surface area (Å²) in [6, 6.07) is 6.47. The molecule has 1 saturated heterocycles. The van der Waals surface area contributed by atoms with Crippen LogP contribution in [0.1, 0.15) is 5.56 Å². The Morgan fingerprint density at radius 3 is 2.77 bits per heavy atom. The van der Waals surface area contributed by atoms with Crippen LogP contribution >= 0.6 is 11.6 Å². The fourth-order valence-corrected chi connectivity index (χ4v) is 1.42. The molecular weight excluding hydrogens is 186 g/mol. The Balaban J connectivity index is 2.07. The summed E-state index contributed by atoms with van der Waals surface area (Å²) in [7, 11) is 0. The zero-order valence-corrected chi connectivity index (χ0v) is 8.27. The van der Waals surface area contributed by atoms with Gasteiger partial charge >= 0.3 is 0 Å². The Hall–Kier alpha value is -0.730. The molecule has 70 valence electrons. The van der Waals surface area contributed by atoms with E-state index in [2.05, 4.69) is 5.32 Å². The molecule has 2 nitrogen and oxygen atoms in total. The molecule has 1 fully saturated rings. The van der Waals surface area contributed by atoms with Gasteiger partial charge in [-0.05, 0) is 24.6 Å². The molecule has 0 amide bonds. The van der Waals surface area contributed by atoms with Crippen LogP contribution in [0.2, 0.25) is 5.02 Å². The molecule has 0 aliphatic carbocycles. The van der Waals surface area contributed by atoms with Crippen molar-refractivity contribution in [2.24, 2.45) is 0 Å². The van der Waals surface area contributed by atoms with Crippen molar-refractivity contribution in [1.29, 1.82) is 0 Å². The minimum Gasteiger partial charge on any atom is -0.378 e. The molecule has 0 spiro atoms. The molecule has 1 heterocycles. The normalized spacial score (nSPS) is 16.8. The van der Waals surface area contributed by atoms with Gasteiger partial charge in [-0.2, -0.15) is 0 Å². The van der Waals surface area contributed by atoms with E-state index in [1.54, 1.807) is 0 Å². The van der Waals surface area contributed by atoms with Crippen molar-refractivity contribution < 1.29 is 4.74 Å². The molecule has 2 rings (SSSR count). The number of hydrogen-bond donors (Lipinski definition) is 1. The van der Waals surface area contributed by atoms with E-state index in [0.29, 0.717) is 6.04 Å². The van der Waals surface area contributed by atoms with Gasteiger partial charge in [0.25, 0.3) is 0 Å². The summed E-state index contributed by atoms with van der Waals surface area (Å²) in [5.74, 6) is 0. The van der Waals surface area contributed by atoms with E-state index in [9.17, 15) is 0 Å². The summed E-state index contributed by atoms with van der Waals surface area (Å²) in [4.78, 5) is 0. The van der Waals surface area contributed by atoms with Gasteiger partial charge in [0.1, 0.15) is 0 Å². The Morgan fingerprint density at radius 2 is 2.23 bits per heavy atom. The van der Waals surface area contributed by atoms with Gasteiger partial charge < -0.3 is 10.1 Å². The maximum Gasteiger partial charge on any atom is 0.0728 e. The van der Waals surface area contributed by atoms with Crippen molar-refractivity contribution in [3.63, 3.8) is 0 Å². The monoisotopic (exact) mass is 197 g/mol. The Kier molecular flexibility index (Phi) is 2.42. The molecule has 0 bridgehead atoms. The van der Waals surface area contributed by atoms with Crippen LogP contribution in [0.15, 0.2) is 18.2 Å². The zero-order valence-electron chi connectivity index (χ0n) is 7.51. The second-order valence-corrected chi connectivity index (χ2v) is 3.75. The van der Waals surface area contributed by atoms with E-state index in [-0.39, 0.29) is 0 Å². The lowest BCUT2D eigenvalue weighted by molar-refractivity contribution is 0.0211. The van der Waals surface area contributed by atoms with E-state index >= 15 is 0 Å². The molecule has 1 N–H and O–H groups in total. The summed E-state index contributed by atoms with van der Waals surface area (Å²) in [6.45, 7) is 3.59. The molecule has 0 radical (unpaired) electrons. The summed E-state index contributed by atoms with van der Waals surface area (Å²) in [5.41, 5.74) is 2.18. The zero-order chi connectivity index (χ0) is 9.26. The van der Waals surface area contributed by atoms with Crippen molar-refractivity contribution in [2.45, 2.75) is 13.0 Å². The van der Waals surface area contributed by atoms with Crippen molar-refractivity contribution in [1.82, 2.24) is 0 Å². The van der Waals surface area contributed by atoms with Gasteiger partial charge in [0.2, 0.25) is 0 Å². The third kappa shape index (κ3) is 1.95. The second kappa shape index (κ2) is 3.56. The van der Waals surface area contributed by atoms with Gasteiger partial charge in [-0.25, -0.2) is 0 Å². The van der Waals surface area contributed by atoms with Gasteiger partial charge in [-0.3, -0.25) is 0 Å². The number of ether oxygens (including phenoxy) is 1. The fourth-order valence-electron chi connectivity index (χ4n) is 1.24. The minimum absolute atomic E-state index is 0.457. The summed E-state index contributed by atoms with van der Waals surface area (Å²) < 4.78 is 5.07. The summed E-state index contributed by atoms with van der Waals surface area (Å²) in [6.07, 6.45) is 0. The lowest BCUT2D eigenvalue weighted by Gasteiger charge is -2.27. The smallest absolute Gasteiger partial charge is 0.0728 e. The van der Waals surface area contributed by atoms with Crippen LogP contribution < -0.4 is 5.32 Å². The fraction of sp³-hybridized carbons (Fsp3) is 0.400. The first-order chi connectivity index (χ1) is 6.25. The predicted molar refractivity (Wildman–Crippen MR) is 54.4 cm³/mol. The predicted octanol–water partition coefficient (Wildman–Crippen LogP) is 2.46. The van der Waals surface area contributed by atoms with Gasteiger partial charge in [0.15, 0.2) is 0 Å². The molecule has 1 aliphatic rings. The van der Waals surface area contributed by atoms with Crippen molar-refractivity contribution in [3.8, 4) is 0 Å². The van der Waals surface area contributed by atoms with Crippen LogP contribution in [0.25, 0.3) is 0 Å². The second-order valence-electron chi connectivity index (χ2n) is 3.34. The molecule has 3 heteroatoms. The third-order valence-corrected chi connectivity index (χ3v) is 2.59. The molecular formula is C10H12ClNO. The van der Waals surface area contributed by atoms with Gasteiger partial charge in [0.05, 0.1) is 19.3 Å². The van der Waals surface area contributed by atoms with Crippen LogP contribution in [-0.4, -0.2) is 19.3 Å². The average molecular weight is 198 g/mol. The number of aryl methyl sites for hydroxylation is 1. The number of hydrogen-bond acceptors (Lipinski definition) is 2. The molecule has 1 aromatic carbocycles. The van der Waals surface area contributed by atoms with Crippen LogP contribution in [0, 0.1) is 6.92 Å². The van der Waals surface area contributed by atoms with Crippen LogP contribution in [-0.2, 0) is 4.74 Å². The highest BCUT2D eigenvalue weighted by atomic mass is 35.5. The SMILES string of the molecule is Cc1ccc(NC2COC2)cc1Cl. The van der Waals surface area contributed by atoms with E-state index < -0.39 is 0 Å². The summed E-state index contributed by atoms with van der Waals surface area (Å²) in [5, 5.41) is 4.15. The quantitative estimate of drug-likeness (QED) is 0.787. The molecule has 0 aromatic heterocycles. The minimum atomic E-state index is 0.457. The highest BCUT2D eigenvalue weighted by molar-refractivity contribution is 6.31. The van der Waals surface area contributed by atoms with Crippen LogP contribution in [0.4, 0.5) is 5.69 Å². The number of halogens is 1. The van der Waals surface area contributed by atoms with Crippen molar-refractivity contribution in [2.75, 3.05) is 18.5 Å². The first kappa shape index (κ1) is 8.85. The Labute approximate surface area is 82.9 Å². The molecule has 1 aromatic rings. The largest absolute Gasteiger partial charge is 0.378 e. The Morgan fingerprint density at radius 1 is 1.46 bits per heavy atom. The first-order valence-corrected chi connectivity index (χ1v) is 4.74. The summed E-state index contributed by atoms with van der Waals surface area (Å²) >= 11 is 5.99. The van der Waals surface area contributed by atoms with E-state index in [4.69, 9.17) is 16.3 Å². The number of anilines is 1. The highest BCUT2D eigenvalue weighted by Crippen LogP contribution is 2.21. The first-order valence-electron chi connectivity index (χ1n) is 4.36. The van der Waals surface area contributed by atoms with Gasteiger partial charge in [-0.1, -0.05) is 17.7 Å². The average Bonchev–Trinajstić information content (AvgIpc) is 2.04. The van der Waals surface area contributed by atoms with E-state index in [1.807, 2.05) is 25.1 Å².